The molecule has 0 aliphatic heterocycles. The molecule has 0 aliphatic rings. The number of nitrogens with one attached hydrogen (secondary N) is 1. The Labute approximate surface area is 108 Å². The molecular weight excluding hydrogens is 234 g/mol. The third-order valence-electron chi connectivity index (χ3n) is 2.98. The summed E-state index contributed by atoms with van der Waals surface area (Å²) in [4.78, 5) is 33.9. The van der Waals surface area contributed by atoms with Gasteiger partial charge in [-0.2, -0.15) is 0 Å². The lowest BCUT2D eigenvalue weighted by molar-refractivity contribution is -0.143. The molecule has 0 radical (unpaired) electrons. The Morgan fingerprint density at radius 2 is 1.67 bits per heavy atom. The number of esters is 1. The van der Waals surface area contributed by atoms with Crippen LogP contribution in [0, 0.1) is 17.8 Å². The van der Waals surface area contributed by atoms with Crippen molar-refractivity contribution in [3.8, 4) is 0 Å². The zero-order chi connectivity index (χ0) is 14.3. The molecule has 104 valence electrons. The monoisotopic (exact) mass is 257 g/mol. The van der Waals surface area contributed by atoms with E-state index in [0.717, 1.165) is 0 Å². The Balaban J connectivity index is 4.08. The summed E-state index contributed by atoms with van der Waals surface area (Å²) >= 11 is 0. The summed E-state index contributed by atoms with van der Waals surface area (Å²) in [6.07, 6.45) is 0.214. The zero-order valence-corrected chi connectivity index (χ0v) is 11.8. The Hall–Kier alpha value is -1.39. The lowest BCUT2D eigenvalue weighted by atomic mass is 9.88. The van der Waals surface area contributed by atoms with Gasteiger partial charge in [-0.25, -0.2) is 0 Å². The second kappa shape index (κ2) is 7.84. The Morgan fingerprint density at radius 3 is 2.11 bits per heavy atom. The van der Waals surface area contributed by atoms with Crippen LogP contribution in [0.2, 0.25) is 0 Å². The molecule has 0 aromatic rings. The number of carbonyl (C=O) groups is 3. The van der Waals surface area contributed by atoms with Gasteiger partial charge in [0.05, 0.1) is 0 Å². The van der Waals surface area contributed by atoms with Crippen molar-refractivity contribution in [1.29, 1.82) is 0 Å². The molecule has 0 aliphatic carbocycles. The van der Waals surface area contributed by atoms with Crippen molar-refractivity contribution in [3.63, 3.8) is 0 Å². The van der Waals surface area contributed by atoms with E-state index in [2.05, 4.69) is 10.1 Å². The number of ketones is 1. The second-order valence-electron chi connectivity index (χ2n) is 4.93. The van der Waals surface area contributed by atoms with Crippen molar-refractivity contribution in [3.05, 3.63) is 0 Å². The highest BCUT2D eigenvalue weighted by atomic mass is 16.5. The first-order chi connectivity index (χ1) is 8.25. The van der Waals surface area contributed by atoms with Gasteiger partial charge in [0.15, 0.2) is 6.73 Å². The van der Waals surface area contributed by atoms with E-state index in [1.54, 1.807) is 6.92 Å². The number of hydrogen-bond donors (Lipinski definition) is 1. The summed E-state index contributed by atoms with van der Waals surface area (Å²) < 4.78 is 4.60. The van der Waals surface area contributed by atoms with Crippen LogP contribution in [0.4, 0.5) is 0 Å². The highest BCUT2D eigenvalue weighted by Gasteiger charge is 2.22. The number of hydrogen-bond acceptors (Lipinski definition) is 4. The average Bonchev–Trinajstić information content (AvgIpc) is 2.26. The summed E-state index contributed by atoms with van der Waals surface area (Å²) in [7, 11) is 0. The first-order valence-electron chi connectivity index (χ1n) is 6.19. The first kappa shape index (κ1) is 16.6. The fraction of sp³-hybridized carbons (Fsp3) is 0.769. The minimum atomic E-state index is -0.451. The normalized spacial score (nSPS) is 13.9. The molecule has 0 fully saturated rings. The molecule has 0 saturated carbocycles. The van der Waals surface area contributed by atoms with E-state index in [0.29, 0.717) is 0 Å². The van der Waals surface area contributed by atoms with E-state index in [1.165, 1.54) is 6.92 Å². The van der Waals surface area contributed by atoms with Crippen LogP contribution in [0.15, 0.2) is 0 Å². The third kappa shape index (κ3) is 6.37. The highest BCUT2D eigenvalue weighted by Crippen LogP contribution is 2.16. The maximum atomic E-state index is 11.8. The molecule has 1 N–H and O–H groups in total. The predicted octanol–water partition coefficient (Wildman–Crippen LogP) is 1.51. The van der Waals surface area contributed by atoms with Crippen LogP contribution in [0.3, 0.4) is 0 Å². The van der Waals surface area contributed by atoms with Gasteiger partial charge >= 0.3 is 5.97 Å². The summed E-state index contributed by atoms with van der Waals surface area (Å²) in [5, 5.41) is 2.45. The fourth-order valence-corrected chi connectivity index (χ4v) is 1.34. The van der Waals surface area contributed by atoms with E-state index in [4.69, 9.17) is 0 Å². The van der Waals surface area contributed by atoms with Crippen molar-refractivity contribution < 1.29 is 19.1 Å². The Bertz CT molecular complexity index is 312. The molecule has 1 amide bonds. The van der Waals surface area contributed by atoms with Gasteiger partial charge < -0.3 is 10.1 Å². The molecule has 0 rings (SSSR count). The lowest BCUT2D eigenvalue weighted by Gasteiger charge is -2.17. The van der Waals surface area contributed by atoms with Crippen molar-refractivity contribution in [2.45, 2.75) is 41.0 Å². The first-order valence-corrected chi connectivity index (χ1v) is 6.19. The molecular formula is C13H23NO4. The van der Waals surface area contributed by atoms with E-state index in [9.17, 15) is 14.4 Å². The standard InChI is InChI=1S/C13H23NO4/c1-8(2)10(4)12(16)6-9(3)13(17)14-7-18-11(5)15/h8-10H,6-7H2,1-5H3,(H,14,17)/t9-,10+/m1/s1. The number of Topliss-reactive ketones (excluding diaryl/α,β-unsaturated/α-hetero) is 1. The van der Waals surface area contributed by atoms with Gasteiger partial charge in [-0.1, -0.05) is 27.7 Å². The molecule has 0 saturated heterocycles. The highest BCUT2D eigenvalue weighted by molar-refractivity contribution is 5.87. The lowest BCUT2D eigenvalue weighted by Crippen LogP contribution is -2.33. The minimum Gasteiger partial charge on any atom is -0.445 e. The molecule has 5 nitrogen and oxygen atoms in total. The van der Waals surface area contributed by atoms with Gasteiger partial charge in [0.25, 0.3) is 0 Å². The summed E-state index contributed by atoms with van der Waals surface area (Å²) in [5.74, 6) is -0.829. The van der Waals surface area contributed by atoms with Crippen molar-refractivity contribution in [1.82, 2.24) is 5.32 Å². The second-order valence-corrected chi connectivity index (χ2v) is 4.93. The Kier molecular flexibility index (Phi) is 7.24. The zero-order valence-electron chi connectivity index (χ0n) is 11.8. The topological polar surface area (TPSA) is 72.5 Å². The summed E-state index contributed by atoms with van der Waals surface area (Å²) in [5.41, 5.74) is 0. The molecule has 0 heterocycles. The summed E-state index contributed by atoms with van der Waals surface area (Å²) in [6, 6.07) is 0. The minimum absolute atomic E-state index is 0.0475. The average molecular weight is 257 g/mol. The van der Waals surface area contributed by atoms with Crippen LogP contribution in [0.25, 0.3) is 0 Å². The van der Waals surface area contributed by atoms with Crippen molar-refractivity contribution >= 4 is 17.7 Å². The molecule has 2 atom stereocenters. The van der Waals surface area contributed by atoms with Gasteiger partial charge in [-0.05, 0) is 5.92 Å². The van der Waals surface area contributed by atoms with Crippen LogP contribution < -0.4 is 5.32 Å². The largest absolute Gasteiger partial charge is 0.445 e. The van der Waals surface area contributed by atoms with Crippen LogP contribution in [0.1, 0.15) is 41.0 Å². The molecule has 0 aromatic heterocycles. The molecule has 0 spiro atoms. The quantitative estimate of drug-likeness (QED) is 0.554. The predicted molar refractivity (Wildman–Crippen MR) is 67.6 cm³/mol. The van der Waals surface area contributed by atoms with Gasteiger partial charge in [-0.15, -0.1) is 0 Å². The van der Waals surface area contributed by atoms with E-state index >= 15 is 0 Å². The summed E-state index contributed by atoms with van der Waals surface area (Å²) in [6.45, 7) is 8.64. The van der Waals surface area contributed by atoms with Crippen molar-refractivity contribution in [2.24, 2.45) is 17.8 Å². The number of amides is 1. The molecule has 0 aromatic carbocycles. The van der Waals surface area contributed by atoms with Gasteiger partial charge in [-0.3, -0.25) is 14.4 Å². The van der Waals surface area contributed by atoms with Crippen LogP contribution >= 0.6 is 0 Å². The van der Waals surface area contributed by atoms with E-state index in [-0.39, 0.29) is 36.7 Å². The smallest absolute Gasteiger partial charge is 0.304 e. The van der Waals surface area contributed by atoms with Crippen LogP contribution in [0.5, 0.6) is 0 Å². The maximum absolute atomic E-state index is 11.8. The fourth-order valence-electron chi connectivity index (χ4n) is 1.34. The molecule has 18 heavy (non-hydrogen) atoms. The number of rotatable bonds is 7. The van der Waals surface area contributed by atoms with Crippen LogP contribution in [-0.4, -0.2) is 24.4 Å². The molecule has 0 unspecified atom stereocenters. The Morgan fingerprint density at radius 1 is 1.11 bits per heavy atom. The number of carbonyl (C=O) groups excluding carboxylic acids is 3. The molecule has 0 bridgehead atoms. The van der Waals surface area contributed by atoms with Gasteiger partial charge in [0.1, 0.15) is 5.78 Å². The third-order valence-corrected chi connectivity index (χ3v) is 2.98. The maximum Gasteiger partial charge on any atom is 0.304 e. The van der Waals surface area contributed by atoms with E-state index in [1.807, 2.05) is 20.8 Å². The van der Waals surface area contributed by atoms with Crippen LogP contribution in [-0.2, 0) is 19.1 Å². The van der Waals surface area contributed by atoms with Gasteiger partial charge in [0, 0.05) is 25.2 Å². The van der Waals surface area contributed by atoms with E-state index < -0.39 is 11.9 Å². The number of ether oxygens (including phenoxy) is 1. The SMILES string of the molecule is CC(=O)OCNC(=O)[C@H](C)CC(=O)[C@@H](C)C(C)C. The molecule has 5 heteroatoms. The van der Waals surface area contributed by atoms with Gasteiger partial charge in [0.2, 0.25) is 5.91 Å². The van der Waals surface area contributed by atoms with Crippen molar-refractivity contribution in [2.75, 3.05) is 6.73 Å².